The normalized spacial score (nSPS) is 11.4. The molecule has 0 amide bonds. The maximum absolute atomic E-state index is 12.4. The number of aryl methyl sites for hydroxylation is 2. The van der Waals surface area contributed by atoms with Gasteiger partial charge in [0.05, 0.1) is 17.2 Å². The highest BCUT2D eigenvalue weighted by Gasteiger charge is 2.15. The van der Waals surface area contributed by atoms with E-state index in [0.29, 0.717) is 11.3 Å². The van der Waals surface area contributed by atoms with Crippen LogP contribution < -0.4 is 4.72 Å². The Bertz CT molecular complexity index is 752. The average Bonchev–Trinajstić information content (AvgIpc) is 2.37. The predicted octanol–water partition coefficient (Wildman–Crippen LogP) is 3.36. The maximum atomic E-state index is 12.4. The molecule has 2 N–H and O–H groups in total. The van der Waals surface area contributed by atoms with Crippen LogP contribution in [-0.2, 0) is 16.6 Å². The topological polar surface area (TPSA) is 66.4 Å². The molecule has 0 bridgehead atoms. The van der Waals surface area contributed by atoms with Crippen molar-refractivity contribution in [3.05, 3.63) is 57.6 Å². The third kappa shape index (κ3) is 3.84. The molecule has 112 valence electrons. The molecule has 0 heterocycles. The smallest absolute Gasteiger partial charge is 0.261 e. The molecule has 0 aliphatic heterocycles. The molecule has 0 atom stereocenters. The van der Waals surface area contributed by atoms with E-state index in [4.69, 9.17) is 0 Å². The monoisotopic (exact) mass is 369 g/mol. The second kappa shape index (κ2) is 6.17. The molecule has 0 saturated heterocycles. The summed E-state index contributed by atoms with van der Waals surface area (Å²) in [6.45, 7) is 3.52. The zero-order valence-electron chi connectivity index (χ0n) is 11.7. The minimum absolute atomic E-state index is 0.134. The van der Waals surface area contributed by atoms with E-state index in [-0.39, 0.29) is 11.5 Å². The molecular formula is C15H16BrNO3S. The van der Waals surface area contributed by atoms with Crippen LogP contribution in [0.3, 0.4) is 0 Å². The van der Waals surface area contributed by atoms with Crippen LogP contribution in [0.4, 0.5) is 5.69 Å². The van der Waals surface area contributed by atoms with Gasteiger partial charge in [0.15, 0.2) is 0 Å². The summed E-state index contributed by atoms with van der Waals surface area (Å²) in [6, 6.07) is 10.1. The van der Waals surface area contributed by atoms with E-state index in [1.807, 2.05) is 19.9 Å². The van der Waals surface area contributed by atoms with Crippen LogP contribution in [0.1, 0.15) is 16.7 Å². The van der Waals surface area contributed by atoms with Crippen molar-refractivity contribution in [1.82, 2.24) is 0 Å². The van der Waals surface area contributed by atoms with Gasteiger partial charge in [-0.15, -0.1) is 0 Å². The van der Waals surface area contributed by atoms with E-state index in [1.165, 1.54) is 12.1 Å². The minimum atomic E-state index is -3.68. The first-order chi connectivity index (χ1) is 9.81. The van der Waals surface area contributed by atoms with Gasteiger partial charge in [-0.25, -0.2) is 8.42 Å². The molecule has 4 nitrogen and oxygen atoms in total. The molecule has 6 heteroatoms. The summed E-state index contributed by atoms with van der Waals surface area (Å²) >= 11 is 3.34. The second-order valence-electron chi connectivity index (χ2n) is 4.87. The van der Waals surface area contributed by atoms with Gasteiger partial charge in [-0.1, -0.05) is 22.0 Å². The summed E-state index contributed by atoms with van der Waals surface area (Å²) in [5.74, 6) is 0. The highest BCUT2D eigenvalue weighted by Crippen LogP contribution is 2.23. The fourth-order valence-electron chi connectivity index (χ4n) is 1.99. The Kier molecular flexibility index (Phi) is 4.70. The lowest BCUT2D eigenvalue weighted by molar-refractivity contribution is 0.281. The number of halogens is 1. The molecule has 0 aliphatic carbocycles. The molecular weight excluding hydrogens is 354 g/mol. The van der Waals surface area contributed by atoms with Gasteiger partial charge in [-0.2, -0.15) is 0 Å². The number of rotatable bonds is 4. The Labute approximate surface area is 133 Å². The number of nitrogens with one attached hydrogen (secondary N) is 1. The van der Waals surface area contributed by atoms with Crippen molar-refractivity contribution in [3.8, 4) is 0 Å². The number of aliphatic hydroxyl groups excluding tert-OH is 1. The lowest BCUT2D eigenvalue weighted by Gasteiger charge is -2.11. The van der Waals surface area contributed by atoms with Gasteiger partial charge in [0.1, 0.15) is 0 Å². The number of anilines is 1. The third-order valence-electron chi connectivity index (χ3n) is 3.10. The van der Waals surface area contributed by atoms with Crippen LogP contribution in [0.2, 0.25) is 0 Å². The predicted molar refractivity (Wildman–Crippen MR) is 86.8 cm³/mol. The van der Waals surface area contributed by atoms with Crippen LogP contribution in [0.15, 0.2) is 45.8 Å². The lowest BCUT2D eigenvalue weighted by Crippen LogP contribution is -2.13. The standard InChI is InChI=1S/C15H16BrNO3S/c1-10-5-13(16)8-14(6-10)17-21(19,20)15-4-3-11(2)12(7-15)9-18/h3-8,17-18H,9H2,1-2H3. The van der Waals surface area contributed by atoms with Crippen LogP contribution in [0.5, 0.6) is 0 Å². The fraction of sp³-hybridized carbons (Fsp3) is 0.200. The summed E-state index contributed by atoms with van der Waals surface area (Å²) in [5, 5.41) is 9.25. The Balaban J connectivity index is 2.38. The molecule has 21 heavy (non-hydrogen) atoms. The third-order valence-corrected chi connectivity index (χ3v) is 4.93. The zero-order valence-corrected chi connectivity index (χ0v) is 14.1. The molecule has 0 aliphatic rings. The van der Waals surface area contributed by atoms with E-state index in [1.54, 1.807) is 18.2 Å². The maximum Gasteiger partial charge on any atom is 0.261 e. The van der Waals surface area contributed by atoms with Crippen LogP contribution in [0, 0.1) is 13.8 Å². The van der Waals surface area contributed by atoms with Gasteiger partial charge < -0.3 is 5.11 Å². The van der Waals surface area contributed by atoms with Crippen LogP contribution in [-0.4, -0.2) is 13.5 Å². The first-order valence-corrected chi connectivity index (χ1v) is 8.60. The van der Waals surface area contributed by atoms with E-state index in [2.05, 4.69) is 20.7 Å². The summed E-state index contributed by atoms with van der Waals surface area (Å²) in [6.07, 6.45) is 0. The Morgan fingerprint density at radius 2 is 1.86 bits per heavy atom. The van der Waals surface area contributed by atoms with Crippen molar-refractivity contribution < 1.29 is 13.5 Å². The van der Waals surface area contributed by atoms with Crippen molar-refractivity contribution in [2.75, 3.05) is 4.72 Å². The molecule has 0 saturated carbocycles. The van der Waals surface area contributed by atoms with Gasteiger partial charge in [0.2, 0.25) is 0 Å². The Morgan fingerprint density at radius 3 is 2.48 bits per heavy atom. The molecule has 2 rings (SSSR count). The number of benzene rings is 2. The van der Waals surface area contributed by atoms with Gasteiger partial charge in [-0.3, -0.25) is 4.72 Å². The minimum Gasteiger partial charge on any atom is -0.392 e. The number of hydrogen-bond acceptors (Lipinski definition) is 3. The fourth-order valence-corrected chi connectivity index (χ4v) is 3.69. The largest absolute Gasteiger partial charge is 0.392 e. The summed E-state index contributed by atoms with van der Waals surface area (Å²) in [4.78, 5) is 0.134. The van der Waals surface area contributed by atoms with Crippen molar-refractivity contribution in [1.29, 1.82) is 0 Å². The van der Waals surface area contributed by atoms with Crippen LogP contribution in [0.25, 0.3) is 0 Å². The van der Waals surface area contributed by atoms with Crippen molar-refractivity contribution in [3.63, 3.8) is 0 Å². The average molecular weight is 370 g/mol. The summed E-state index contributed by atoms with van der Waals surface area (Å²) < 4.78 is 28.1. The van der Waals surface area contributed by atoms with E-state index < -0.39 is 10.0 Å². The quantitative estimate of drug-likeness (QED) is 0.867. The Hall–Kier alpha value is -1.37. The summed E-state index contributed by atoms with van der Waals surface area (Å²) in [5.41, 5.74) is 2.90. The van der Waals surface area contributed by atoms with Gasteiger partial charge in [-0.05, 0) is 60.9 Å². The van der Waals surface area contributed by atoms with Crippen LogP contribution >= 0.6 is 15.9 Å². The number of sulfonamides is 1. The van der Waals surface area contributed by atoms with Gasteiger partial charge in [0.25, 0.3) is 10.0 Å². The highest BCUT2D eigenvalue weighted by molar-refractivity contribution is 9.10. The lowest BCUT2D eigenvalue weighted by atomic mass is 10.1. The zero-order chi connectivity index (χ0) is 15.6. The first-order valence-electron chi connectivity index (χ1n) is 6.32. The molecule has 0 unspecified atom stereocenters. The number of hydrogen-bond donors (Lipinski definition) is 2. The van der Waals surface area contributed by atoms with Crippen molar-refractivity contribution in [2.45, 2.75) is 25.3 Å². The van der Waals surface area contributed by atoms with Crippen molar-refractivity contribution >= 4 is 31.6 Å². The molecule has 2 aromatic carbocycles. The molecule has 0 aromatic heterocycles. The Morgan fingerprint density at radius 1 is 1.14 bits per heavy atom. The molecule has 0 spiro atoms. The van der Waals surface area contributed by atoms with Crippen molar-refractivity contribution in [2.24, 2.45) is 0 Å². The van der Waals surface area contributed by atoms with Gasteiger partial charge in [0, 0.05) is 4.47 Å². The van der Waals surface area contributed by atoms with Gasteiger partial charge >= 0.3 is 0 Å². The number of aliphatic hydroxyl groups is 1. The summed E-state index contributed by atoms with van der Waals surface area (Å²) in [7, 11) is -3.68. The van der Waals surface area contributed by atoms with E-state index in [9.17, 15) is 13.5 Å². The molecule has 0 fully saturated rings. The molecule has 0 radical (unpaired) electrons. The second-order valence-corrected chi connectivity index (χ2v) is 7.47. The highest BCUT2D eigenvalue weighted by atomic mass is 79.9. The van der Waals surface area contributed by atoms with E-state index in [0.717, 1.165) is 15.6 Å². The van der Waals surface area contributed by atoms with E-state index >= 15 is 0 Å². The first kappa shape index (κ1) is 16.0. The SMILES string of the molecule is Cc1cc(Br)cc(NS(=O)(=O)c2ccc(C)c(CO)c2)c1. The molecule has 2 aromatic rings.